The summed E-state index contributed by atoms with van der Waals surface area (Å²) in [7, 11) is 3.91. The van der Waals surface area contributed by atoms with Crippen LogP contribution in [0.4, 0.5) is 0 Å². The van der Waals surface area contributed by atoms with Gasteiger partial charge in [-0.1, -0.05) is 0 Å². The minimum absolute atomic E-state index is 0.322. The topological polar surface area (TPSA) is 32.7 Å². The molecule has 1 saturated carbocycles. The summed E-state index contributed by atoms with van der Waals surface area (Å²) in [4.78, 5) is 10.9. The standard InChI is InChI=1S/C11H20N2O/c1-9(14)8-10-4-6-11(7-5-10)12-13(2)3/h10H,4-8H2,1-3H3. The van der Waals surface area contributed by atoms with Crippen LogP contribution < -0.4 is 0 Å². The molecule has 3 heteroatoms. The Balaban J connectivity index is 2.34. The van der Waals surface area contributed by atoms with E-state index < -0.39 is 0 Å². The molecule has 0 unspecified atom stereocenters. The van der Waals surface area contributed by atoms with Crippen molar-refractivity contribution in [1.29, 1.82) is 0 Å². The Bertz CT molecular complexity index is 223. The first-order valence-electron chi connectivity index (χ1n) is 5.31. The zero-order valence-corrected chi connectivity index (χ0v) is 9.42. The molecule has 1 aliphatic rings. The van der Waals surface area contributed by atoms with Crippen molar-refractivity contribution in [3.8, 4) is 0 Å². The molecule has 0 saturated heterocycles. The summed E-state index contributed by atoms with van der Waals surface area (Å²) >= 11 is 0. The van der Waals surface area contributed by atoms with Gasteiger partial charge in [0, 0.05) is 26.2 Å². The maximum absolute atomic E-state index is 10.9. The Morgan fingerprint density at radius 1 is 1.43 bits per heavy atom. The van der Waals surface area contributed by atoms with E-state index in [2.05, 4.69) is 5.10 Å². The average molecular weight is 196 g/mol. The van der Waals surface area contributed by atoms with E-state index in [9.17, 15) is 4.79 Å². The first kappa shape index (κ1) is 11.2. The van der Waals surface area contributed by atoms with E-state index in [1.165, 1.54) is 5.71 Å². The van der Waals surface area contributed by atoms with Crippen molar-refractivity contribution in [3.63, 3.8) is 0 Å². The predicted molar refractivity (Wildman–Crippen MR) is 58.4 cm³/mol. The van der Waals surface area contributed by atoms with Crippen LogP contribution in [0.5, 0.6) is 0 Å². The minimum Gasteiger partial charge on any atom is -0.303 e. The van der Waals surface area contributed by atoms with Gasteiger partial charge in [-0.3, -0.25) is 0 Å². The van der Waals surface area contributed by atoms with Gasteiger partial charge < -0.3 is 9.80 Å². The minimum atomic E-state index is 0.322. The largest absolute Gasteiger partial charge is 0.303 e. The lowest BCUT2D eigenvalue weighted by molar-refractivity contribution is -0.118. The Morgan fingerprint density at radius 3 is 2.43 bits per heavy atom. The van der Waals surface area contributed by atoms with Gasteiger partial charge in [0.05, 0.1) is 0 Å². The quantitative estimate of drug-likeness (QED) is 0.647. The van der Waals surface area contributed by atoms with Crippen molar-refractivity contribution in [2.24, 2.45) is 11.0 Å². The fourth-order valence-corrected chi connectivity index (χ4v) is 2.00. The number of hydrogen-bond acceptors (Lipinski definition) is 3. The van der Waals surface area contributed by atoms with Crippen molar-refractivity contribution in [2.75, 3.05) is 14.1 Å². The molecule has 0 aromatic heterocycles. The highest BCUT2D eigenvalue weighted by molar-refractivity contribution is 5.85. The summed E-state index contributed by atoms with van der Waals surface area (Å²) in [6, 6.07) is 0. The Labute approximate surface area is 86.2 Å². The fourth-order valence-electron chi connectivity index (χ4n) is 2.00. The molecule has 1 rings (SSSR count). The van der Waals surface area contributed by atoms with Gasteiger partial charge in [0.1, 0.15) is 5.78 Å². The third-order valence-electron chi connectivity index (χ3n) is 2.60. The second kappa shape index (κ2) is 5.13. The second-order valence-corrected chi connectivity index (χ2v) is 4.36. The molecule has 0 radical (unpaired) electrons. The Hall–Kier alpha value is -0.860. The summed E-state index contributed by atoms with van der Waals surface area (Å²) in [6.45, 7) is 1.68. The molecule has 0 atom stereocenters. The van der Waals surface area contributed by atoms with Gasteiger partial charge >= 0.3 is 0 Å². The predicted octanol–water partition coefficient (Wildman–Crippen LogP) is 2.07. The zero-order valence-electron chi connectivity index (χ0n) is 9.42. The number of carbonyl (C=O) groups is 1. The van der Waals surface area contributed by atoms with Gasteiger partial charge in [0.2, 0.25) is 0 Å². The molecule has 1 aliphatic carbocycles. The van der Waals surface area contributed by atoms with E-state index in [1.807, 2.05) is 19.1 Å². The van der Waals surface area contributed by atoms with Crippen LogP contribution in [0.3, 0.4) is 0 Å². The summed E-state index contributed by atoms with van der Waals surface area (Å²) in [6.07, 6.45) is 5.15. The number of nitrogens with zero attached hydrogens (tertiary/aromatic N) is 2. The molecular formula is C11H20N2O. The summed E-state index contributed by atoms with van der Waals surface area (Å²) in [5.41, 5.74) is 1.29. The van der Waals surface area contributed by atoms with E-state index in [4.69, 9.17) is 0 Å². The molecule has 0 aromatic rings. The molecule has 0 spiro atoms. The third-order valence-corrected chi connectivity index (χ3v) is 2.60. The number of Topliss-reactive ketones (excluding diaryl/α,β-unsaturated/α-hetero) is 1. The number of ketones is 1. The Morgan fingerprint density at radius 2 is 2.00 bits per heavy atom. The van der Waals surface area contributed by atoms with Gasteiger partial charge in [-0.15, -0.1) is 0 Å². The van der Waals surface area contributed by atoms with E-state index in [1.54, 1.807) is 6.92 Å². The first-order chi connectivity index (χ1) is 6.58. The van der Waals surface area contributed by atoms with Crippen LogP contribution in [0.25, 0.3) is 0 Å². The van der Waals surface area contributed by atoms with Gasteiger partial charge in [0.25, 0.3) is 0 Å². The molecule has 0 bridgehead atoms. The summed E-state index contributed by atoms with van der Waals surface area (Å²) < 4.78 is 0. The second-order valence-electron chi connectivity index (χ2n) is 4.36. The highest BCUT2D eigenvalue weighted by Gasteiger charge is 2.18. The lowest BCUT2D eigenvalue weighted by Crippen LogP contribution is -2.18. The maximum Gasteiger partial charge on any atom is 0.130 e. The highest BCUT2D eigenvalue weighted by atomic mass is 16.1. The van der Waals surface area contributed by atoms with Crippen LogP contribution in [0.1, 0.15) is 39.0 Å². The lowest BCUT2D eigenvalue weighted by Gasteiger charge is -2.22. The van der Waals surface area contributed by atoms with E-state index in [0.29, 0.717) is 11.7 Å². The number of rotatable bonds is 3. The van der Waals surface area contributed by atoms with Crippen molar-refractivity contribution in [1.82, 2.24) is 5.01 Å². The van der Waals surface area contributed by atoms with Crippen LogP contribution in [-0.2, 0) is 4.79 Å². The molecule has 0 N–H and O–H groups in total. The van der Waals surface area contributed by atoms with Gasteiger partial charge in [0.15, 0.2) is 0 Å². The SMILES string of the molecule is CC(=O)CC1CCC(=NN(C)C)CC1. The van der Waals surface area contributed by atoms with Crippen LogP contribution in [0.2, 0.25) is 0 Å². The molecule has 0 aromatic carbocycles. The number of hydrazone groups is 1. The third kappa shape index (κ3) is 3.90. The van der Waals surface area contributed by atoms with Crippen LogP contribution in [0.15, 0.2) is 5.10 Å². The Kier molecular flexibility index (Phi) is 4.11. The molecule has 14 heavy (non-hydrogen) atoms. The first-order valence-corrected chi connectivity index (χ1v) is 5.31. The van der Waals surface area contributed by atoms with Gasteiger partial charge in [-0.25, -0.2) is 0 Å². The number of carbonyl (C=O) groups excluding carboxylic acids is 1. The van der Waals surface area contributed by atoms with E-state index in [0.717, 1.165) is 32.1 Å². The molecule has 1 fully saturated rings. The average Bonchev–Trinajstić information content (AvgIpc) is 2.06. The van der Waals surface area contributed by atoms with E-state index >= 15 is 0 Å². The van der Waals surface area contributed by atoms with Crippen molar-refractivity contribution in [2.45, 2.75) is 39.0 Å². The maximum atomic E-state index is 10.9. The van der Waals surface area contributed by atoms with Crippen LogP contribution in [-0.4, -0.2) is 30.6 Å². The molecular weight excluding hydrogens is 176 g/mol. The highest BCUT2D eigenvalue weighted by Crippen LogP contribution is 2.25. The lowest BCUT2D eigenvalue weighted by atomic mass is 9.85. The number of hydrogen-bond donors (Lipinski definition) is 0. The van der Waals surface area contributed by atoms with E-state index in [-0.39, 0.29) is 0 Å². The molecule has 0 amide bonds. The summed E-state index contributed by atoms with van der Waals surface area (Å²) in [5.74, 6) is 0.927. The summed E-state index contributed by atoms with van der Waals surface area (Å²) in [5, 5.41) is 6.28. The molecule has 0 aliphatic heterocycles. The normalized spacial score (nSPS) is 21.9. The fraction of sp³-hybridized carbons (Fsp3) is 0.818. The molecule has 80 valence electrons. The van der Waals surface area contributed by atoms with Crippen molar-refractivity contribution >= 4 is 11.5 Å². The van der Waals surface area contributed by atoms with Crippen molar-refractivity contribution < 1.29 is 4.79 Å². The van der Waals surface area contributed by atoms with Crippen LogP contribution in [0, 0.1) is 5.92 Å². The van der Waals surface area contributed by atoms with Crippen molar-refractivity contribution in [3.05, 3.63) is 0 Å². The monoisotopic (exact) mass is 196 g/mol. The molecule has 0 heterocycles. The van der Waals surface area contributed by atoms with Gasteiger partial charge in [-0.05, 0) is 38.5 Å². The zero-order chi connectivity index (χ0) is 10.6. The smallest absolute Gasteiger partial charge is 0.130 e. The van der Waals surface area contributed by atoms with Crippen LogP contribution >= 0.6 is 0 Å². The molecule has 3 nitrogen and oxygen atoms in total. The van der Waals surface area contributed by atoms with Gasteiger partial charge in [-0.2, -0.15) is 5.10 Å².